The Morgan fingerprint density at radius 2 is 1.89 bits per heavy atom. The molecule has 5 aromatic rings. The van der Waals surface area contributed by atoms with Gasteiger partial charge in [-0.1, -0.05) is 0 Å². The molecular weight excluding hydrogens is 531 g/mol. The Balaban J connectivity index is 1.46. The molecule has 0 aliphatic heterocycles. The van der Waals surface area contributed by atoms with Crippen LogP contribution in [-0.4, -0.2) is 42.1 Å². The van der Waals surface area contributed by atoms with Crippen LogP contribution in [0.25, 0.3) is 32.2 Å². The van der Waals surface area contributed by atoms with Crippen molar-refractivity contribution in [3.63, 3.8) is 0 Å². The zero-order chi connectivity index (χ0) is 25.2. The van der Waals surface area contributed by atoms with E-state index in [0.717, 1.165) is 51.2 Å². The van der Waals surface area contributed by atoms with Gasteiger partial charge in [-0.05, 0) is 0 Å². The molecule has 6 rings (SSSR count). The molecule has 0 saturated heterocycles. The maximum absolute atomic E-state index is 12.3. The molecule has 3 aromatic heterocycles. The number of carbonyl (C=O) groups excluding carboxylic acids is 1. The molecule has 2 aromatic carbocycles. The van der Waals surface area contributed by atoms with Crippen LogP contribution < -0.4 is 5.32 Å². The molecule has 0 bridgehead atoms. The second-order valence-corrected chi connectivity index (χ2v) is 11.7. The molecule has 0 radical (unpaired) electrons. The molecule has 37 heavy (non-hydrogen) atoms. The molecule has 7 nitrogen and oxygen atoms in total. The van der Waals surface area contributed by atoms with Crippen molar-refractivity contribution in [2.75, 3.05) is 12.4 Å². The van der Waals surface area contributed by atoms with Crippen molar-refractivity contribution in [1.29, 1.82) is 0 Å². The molecule has 1 saturated carbocycles. The van der Waals surface area contributed by atoms with Crippen molar-refractivity contribution in [3.05, 3.63) is 66.1 Å². The standard InChI is InChI=1S/C29H30N4O3Se/c1-35-28(34)19-14-15-25-24(17-19)31-27(33(25)20-9-5-3-2-4-6-10-20)22-12-7-13-23-26(22)37-29(32-23)30-18-21-11-8-16-36-21/h7-8,11-17,20H,2-6,9-10,18H2,1H3,(H,30,32). The monoisotopic (exact) mass is 562 g/mol. The summed E-state index contributed by atoms with van der Waals surface area (Å²) in [5.41, 5.74) is 4.58. The first-order valence-corrected chi connectivity index (χ1v) is 14.7. The number of furan rings is 1. The number of nitrogens with one attached hydrogen (secondary N) is 1. The van der Waals surface area contributed by atoms with Gasteiger partial charge in [-0.15, -0.1) is 0 Å². The molecule has 8 heteroatoms. The fourth-order valence-electron chi connectivity index (χ4n) is 5.37. The Morgan fingerprint density at radius 3 is 2.68 bits per heavy atom. The number of methoxy groups -OCH3 is 1. The average molecular weight is 562 g/mol. The number of nitrogens with zero attached hydrogens (tertiary/aromatic N) is 3. The summed E-state index contributed by atoms with van der Waals surface area (Å²) >= 11 is 0.0274. The Kier molecular flexibility index (Phi) is 6.85. The predicted molar refractivity (Wildman–Crippen MR) is 146 cm³/mol. The zero-order valence-corrected chi connectivity index (χ0v) is 22.6. The number of hydrogen-bond acceptors (Lipinski definition) is 6. The number of fused-ring (bicyclic) bond motifs is 2. The number of rotatable bonds is 6. The fraction of sp³-hybridized carbons (Fsp3) is 0.345. The van der Waals surface area contributed by atoms with Gasteiger partial charge in [0.05, 0.1) is 0 Å². The number of aromatic nitrogens is 3. The van der Waals surface area contributed by atoms with Crippen molar-refractivity contribution in [2.24, 2.45) is 0 Å². The van der Waals surface area contributed by atoms with E-state index >= 15 is 0 Å². The van der Waals surface area contributed by atoms with Crippen molar-refractivity contribution >= 4 is 46.0 Å². The number of hydrogen-bond donors (Lipinski definition) is 1. The van der Waals surface area contributed by atoms with Crippen molar-refractivity contribution in [1.82, 2.24) is 14.5 Å². The Morgan fingerprint density at radius 1 is 1.05 bits per heavy atom. The van der Waals surface area contributed by atoms with Gasteiger partial charge >= 0.3 is 222 Å². The predicted octanol–water partition coefficient (Wildman–Crippen LogP) is 6.59. The minimum absolute atomic E-state index is 0.0274. The summed E-state index contributed by atoms with van der Waals surface area (Å²) in [7, 11) is 1.41. The molecular formula is C29H30N4O3Se. The van der Waals surface area contributed by atoms with Crippen LogP contribution in [0, 0.1) is 0 Å². The summed E-state index contributed by atoms with van der Waals surface area (Å²) < 4.78 is 15.1. The van der Waals surface area contributed by atoms with E-state index in [2.05, 4.69) is 28.1 Å². The van der Waals surface area contributed by atoms with Gasteiger partial charge in [-0.3, -0.25) is 0 Å². The first-order valence-electron chi connectivity index (χ1n) is 13.0. The average Bonchev–Trinajstić information content (AvgIpc) is 3.64. The number of ether oxygens (including phenoxy) is 1. The first-order chi connectivity index (χ1) is 18.2. The SMILES string of the molecule is COC(=O)c1ccc2c(c1)nc(-c1cccc3nc(NCc4ccco4)[se]c13)n2C1CCCCCCC1. The van der Waals surface area contributed by atoms with Gasteiger partial charge in [0.15, 0.2) is 0 Å². The Labute approximate surface area is 221 Å². The van der Waals surface area contributed by atoms with E-state index in [0.29, 0.717) is 18.2 Å². The maximum atomic E-state index is 12.3. The van der Waals surface area contributed by atoms with Crippen molar-refractivity contribution in [3.8, 4) is 11.4 Å². The summed E-state index contributed by atoms with van der Waals surface area (Å²) in [4.78, 5) is 22.3. The van der Waals surface area contributed by atoms with Crippen LogP contribution in [0.5, 0.6) is 0 Å². The summed E-state index contributed by atoms with van der Waals surface area (Å²) in [5, 5.41) is 3.46. The van der Waals surface area contributed by atoms with E-state index in [1.54, 1.807) is 6.26 Å². The van der Waals surface area contributed by atoms with Gasteiger partial charge in [-0.25, -0.2) is 0 Å². The van der Waals surface area contributed by atoms with Gasteiger partial charge in [0.1, 0.15) is 0 Å². The van der Waals surface area contributed by atoms with Gasteiger partial charge < -0.3 is 0 Å². The second-order valence-electron chi connectivity index (χ2n) is 9.61. The molecule has 3 heterocycles. The number of benzene rings is 2. The zero-order valence-electron chi connectivity index (χ0n) is 20.9. The summed E-state index contributed by atoms with van der Waals surface area (Å²) in [5.74, 6) is 1.53. The van der Waals surface area contributed by atoms with Gasteiger partial charge in [-0.2, -0.15) is 0 Å². The molecule has 1 N–H and O–H groups in total. The summed E-state index contributed by atoms with van der Waals surface area (Å²) in [6.07, 6.45) is 10.3. The normalized spacial score (nSPS) is 15.1. The van der Waals surface area contributed by atoms with E-state index in [1.807, 2.05) is 30.3 Å². The number of carbonyl (C=O) groups is 1. The van der Waals surface area contributed by atoms with Gasteiger partial charge in [0.2, 0.25) is 0 Å². The van der Waals surface area contributed by atoms with E-state index in [4.69, 9.17) is 19.1 Å². The number of anilines is 1. The molecule has 0 atom stereocenters. The Hall–Kier alpha value is -3.35. The fourth-order valence-corrected chi connectivity index (χ4v) is 7.41. The number of esters is 1. The Bertz CT molecular complexity index is 1530. The van der Waals surface area contributed by atoms with Crippen LogP contribution in [0.4, 0.5) is 4.69 Å². The molecule has 190 valence electrons. The van der Waals surface area contributed by atoms with E-state index in [9.17, 15) is 4.79 Å². The second kappa shape index (κ2) is 10.6. The molecule has 0 spiro atoms. The third-order valence-electron chi connectivity index (χ3n) is 7.20. The summed E-state index contributed by atoms with van der Waals surface area (Å²) in [6, 6.07) is 16.3. The van der Waals surface area contributed by atoms with E-state index < -0.39 is 0 Å². The van der Waals surface area contributed by atoms with Crippen LogP contribution >= 0.6 is 0 Å². The van der Waals surface area contributed by atoms with Crippen LogP contribution in [0.2, 0.25) is 0 Å². The topological polar surface area (TPSA) is 82.2 Å². The molecule has 0 amide bonds. The summed E-state index contributed by atoms with van der Waals surface area (Å²) in [6.45, 7) is 0.619. The van der Waals surface area contributed by atoms with Gasteiger partial charge in [0, 0.05) is 0 Å². The van der Waals surface area contributed by atoms with Crippen LogP contribution in [0.1, 0.15) is 67.1 Å². The van der Waals surface area contributed by atoms with Crippen molar-refractivity contribution < 1.29 is 13.9 Å². The van der Waals surface area contributed by atoms with Crippen LogP contribution in [0.15, 0.2) is 59.2 Å². The van der Waals surface area contributed by atoms with Crippen LogP contribution in [0.3, 0.4) is 0 Å². The van der Waals surface area contributed by atoms with E-state index in [-0.39, 0.29) is 20.5 Å². The molecule has 0 unspecified atom stereocenters. The van der Waals surface area contributed by atoms with Crippen LogP contribution in [-0.2, 0) is 11.3 Å². The number of imidazole rings is 1. The van der Waals surface area contributed by atoms with Gasteiger partial charge in [0.25, 0.3) is 0 Å². The first kappa shape index (κ1) is 24.0. The third-order valence-corrected chi connectivity index (χ3v) is 9.43. The van der Waals surface area contributed by atoms with E-state index in [1.165, 1.54) is 43.5 Å². The molecule has 1 aliphatic rings. The van der Waals surface area contributed by atoms with Crippen molar-refractivity contribution in [2.45, 2.75) is 57.5 Å². The molecule has 1 fully saturated rings. The minimum atomic E-state index is -0.339. The quantitative estimate of drug-likeness (QED) is 0.186. The molecule has 1 aliphatic carbocycles. The third kappa shape index (κ3) is 4.83.